The third-order valence-corrected chi connectivity index (χ3v) is 0. The minimum Gasteiger partial charge on any atom is 0 e. The molecule has 6 heavy (non-hydrogen) atoms. The molecule has 0 amide bonds. The van der Waals surface area contributed by atoms with Crippen LogP contribution in [0.4, 0.5) is 0 Å². The van der Waals surface area contributed by atoms with Crippen LogP contribution in [-0.2, 0) is 152 Å². The fraction of sp³-hybridized carbons (Fsp3) is 0. The predicted octanol–water partition coefficient (Wildman–Crippen LogP) is -0.0150. The van der Waals surface area contributed by atoms with Crippen LogP contribution in [0.25, 0.3) is 0 Å². The molecule has 0 aliphatic rings. The van der Waals surface area contributed by atoms with E-state index < -0.39 is 0 Å². The Balaban J connectivity index is 0. The first-order chi connectivity index (χ1) is 0. The van der Waals surface area contributed by atoms with Gasteiger partial charge in [-0.25, -0.2) is 0 Å². The number of hydrogen-bond donors (Lipinski definition) is 0. The molecule has 0 fully saturated rings. The van der Waals surface area contributed by atoms with Crippen molar-refractivity contribution in [3.8, 4) is 0 Å². The maximum atomic E-state index is 0. The molecule has 0 atom stereocenters. The number of hydrogen-bond acceptors (Lipinski definition) is 0. The molecule has 0 heterocycles. The van der Waals surface area contributed by atoms with E-state index in [4.69, 9.17) is 0 Å². The molecule has 6 heteroatoms. The van der Waals surface area contributed by atoms with Gasteiger partial charge < -0.3 is 0 Å². The molecule has 0 N–H and O–H groups in total. The van der Waals surface area contributed by atoms with Crippen LogP contribution in [0, 0.1) is 0 Å². The normalized spacial score (nSPS) is 0. The minimum atomic E-state index is 0. The summed E-state index contributed by atoms with van der Waals surface area (Å²) in [6.45, 7) is 0. The molecule has 0 aromatic carbocycles. The third kappa shape index (κ3) is 23.0. The van der Waals surface area contributed by atoms with Crippen molar-refractivity contribution >= 4 is 0 Å². The molecule has 0 aliphatic carbocycles. The van der Waals surface area contributed by atoms with Gasteiger partial charge in [-0.1, -0.05) is 0 Å². The molecule has 25 valence electrons. The Morgan fingerprint density at radius 2 is 0.333 bits per heavy atom. The first-order valence-corrected chi connectivity index (χ1v) is 0. The van der Waals surface area contributed by atoms with Gasteiger partial charge in [0.1, 0.15) is 0 Å². The summed E-state index contributed by atoms with van der Waals surface area (Å²) in [5, 5.41) is 0. The zero-order valence-corrected chi connectivity index (χ0v) is 24.1. The first kappa shape index (κ1) is 43.6. The van der Waals surface area contributed by atoms with E-state index in [1.807, 2.05) is 0 Å². The summed E-state index contributed by atoms with van der Waals surface area (Å²) < 4.78 is 0. The molecule has 0 saturated carbocycles. The molecular formula is Hf5Ta. The molecule has 1 radical (unpaired) electrons. The van der Waals surface area contributed by atoms with Gasteiger partial charge in [0.15, 0.2) is 0 Å². The van der Waals surface area contributed by atoms with Gasteiger partial charge in [-0.2, -0.15) is 0 Å². The van der Waals surface area contributed by atoms with Crippen LogP contribution in [0.5, 0.6) is 0 Å². The van der Waals surface area contributed by atoms with Crippen molar-refractivity contribution in [2.45, 2.75) is 0 Å². The molecule has 0 aliphatic heterocycles. The monoisotopic (exact) mass is 1080 g/mol. The van der Waals surface area contributed by atoms with Crippen molar-refractivity contribution < 1.29 is 152 Å². The molecule has 0 nitrogen and oxygen atoms in total. The minimum absolute atomic E-state index is 0. The fourth-order valence-electron chi connectivity index (χ4n) is 0. The Labute approximate surface area is 148 Å². The summed E-state index contributed by atoms with van der Waals surface area (Å²) >= 11 is 0. The van der Waals surface area contributed by atoms with Gasteiger partial charge >= 0.3 is 0 Å². The van der Waals surface area contributed by atoms with Gasteiger partial charge in [0.05, 0.1) is 0 Å². The van der Waals surface area contributed by atoms with Crippen molar-refractivity contribution in [1.29, 1.82) is 0 Å². The van der Waals surface area contributed by atoms with Gasteiger partial charge in [-0.3, -0.25) is 0 Å². The van der Waals surface area contributed by atoms with Crippen LogP contribution in [0.15, 0.2) is 0 Å². The quantitative estimate of drug-likeness (QED) is 0.300. The van der Waals surface area contributed by atoms with E-state index in [0.717, 1.165) is 0 Å². The summed E-state index contributed by atoms with van der Waals surface area (Å²) in [4.78, 5) is 0. The third-order valence-electron chi connectivity index (χ3n) is 0. The van der Waals surface area contributed by atoms with E-state index in [0.29, 0.717) is 0 Å². The fourth-order valence-corrected chi connectivity index (χ4v) is 0. The van der Waals surface area contributed by atoms with Crippen molar-refractivity contribution in [3.63, 3.8) is 0 Å². The van der Waals surface area contributed by atoms with E-state index in [2.05, 4.69) is 0 Å². The Hall–Kier alpha value is 5.09. The summed E-state index contributed by atoms with van der Waals surface area (Å²) in [5.41, 5.74) is 0. The maximum absolute atomic E-state index is 0. The average molecular weight is 1070 g/mol. The summed E-state index contributed by atoms with van der Waals surface area (Å²) in [7, 11) is 0. The predicted molar refractivity (Wildman–Crippen MR) is 0 cm³/mol. The van der Waals surface area contributed by atoms with E-state index in [9.17, 15) is 0 Å². The van der Waals surface area contributed by atoms with Crippen molar-refractivity contribution in [3.05, 3.63) is 0 Å². The second-order valence-electron chi connectivity index (χ2n) is 0. The van der Waals surface area contributed by atoms with Crippen molar-refractivity contribution in [2.24, 2.45) is 0 Å². The van der Waals surface area contributed by atoms with E-state index in [-0.39, 0.29) is 152 Å². The zero-order chi connectivity index (χ0) is 0. The summed E-state index contributed by atoms with van der Waals surface area (Å²) in [5.74, 6) is 0. The smallest absolute Gasteiger partial charge is 0 e. The first-order valence-electron chi connectivity index (χ1n) is 0. The van der Waals surface area contributed by atoms with Gasteiger partial charge in [-0.05, 0) is 0 Å². The standard InChI is InChI=1S/5Hf.Ta. The van der Waals surface area contributed by atoms with Crippen LogP contribution in [-0.4, -0.2) is 0 Å². The SMILES string of the molecule is [Hf].[Hf].[Hf].[Hf].[Hf].[Ta]. The molecule has 0 aromatic rings. The second kappa shape index (κ2) is 32.2. The van der Waals surface area contributed by atoms with Crippen LogP contribution in [0.2, 0.25) is 0 Å². The number of rotatable bonds is 0. The topological polar surface area (TPSA) is 0 Å². The van der Waals surface area contributed by atoms with Gasteiger partial charge in [0.2, 0.25) is 0 Å². The van der Waals surface area contributed by atoms with Crippen LogP contribution >= 0.6 is 0 Å². The Kier molecular flexibility index (Phi) is 234. The van der Waals surface area contributed by atoms with E-state index >= 15 is 0 Å². The van der Waals surface area contributed by atoms with Crippen LogP contribution in [0.1, 0.15) is 0 Å². The Morgan fingerprint density at radius 1 is 0.333 bits per heavy atom. The van der Waals surface area contributed by atoms with Crippen LogP contribution in [0.3, 0.4) is 0 Å². The van der Waals surface area contributed by atoms with Crippen molar-refractivity contribution in [1.82, 2.24) is 0 Å². The van der Waals surface area contributed by atoms with Gasteiger partial charge in [0.25, 0.3) is 0 Å². The van der Waals surface area contributed by atoms with Gasteiger partial charge in [0, 0.05) is 152 Å². The molecule has 0 unspecified atom stereocenters. The van der Waals surface area contributed by atoms with Crippen LogP contribution < -0.4 is 0 Å². The Bertz CT molecular complexity index is 3.90. The molecule has 0 bridgehead atoms. The molecule has 0 saturated heterocycles. The van der Waals surface area contributed by atoms with Crippen molar-refractivity contribution in [2.75, 3.05) is 0 Å². The zero-order valence-electron chi connectivity index (χ0n) is 2.95. The van der Waals surface area contributed by atoms with E-state index in [1.165, 1.54) is 0 Å². The Morgan fingerprint density at radius 3 is 0.333 bits per heavy atom. The average Bonchev–Trinajstić information content (AvgIpc) is 0. The summed E-state index contributed by atoms with van der Waals surface area (Å²) in [6, 6.07) is 0. The second-order valence-corrected chi connectivity index (χ2v) is 0. The van der Waals surface area contributed by atoms with E-state index in [1.54, 1.807) is 0 Å². The maximum Gasteiger partial charge on any atom is 0 e. The molecule has 0 aromatic heterocycles. The molecule has 0 rings (SSSR count). The largest absolute Gasteiger partial charge is 0 e. The summed E-state index contributed by atoms with van der Waals surface area (Å²) in [6.07, 6.45) is 0. The molecular weight excluding hydrogens is 1070 g/mol. The van der Waals surface area contributed by atoms with Gasteiger partial charge in [-0.15, -0.1) is 0 Å². The molecule has 0 spiro atoms.